The molecule has 1 aromatic carbocycles. The Bertz CT molecular complexity index is 623. The van der Waals surface area contributed by atoms with E-state index in [1.165, 1.54) is 23.9 Å². The van der Waals surface area contributed by atoms with Crippen molar-refractivity contribution in [2.45, 2.75) is 17.7 Å². The molecule has 1 heterocycles. The predicted molar refractivity (Wildman–Crippen MR) is 95.2 cm³/mol. The number of hydrogen-bond donors (Lipinski definition) is 2. The summed E-state index contributed by atoms with van der Waals surface area (Å²) in [6, 6.07) is 6.11. The summed E-state index contributed by atoms with van der Waals surface area (Å²) in [6.07, 6.45) is 1.57. The molecular formula is C16H22N4O4S. The maximum absolute atomic E-state index is 12.4. The molecule has 2 amide bonds. The minimum Gasteiger partial charge on any atom is -0.355 e. The molecule has 1 saturated heterocycles. The van der Waals surface area contributed by atoms with Crippen molar-refractivity contribution in [3.05, 3.63) is 34.4 Å². The number of amides is 2. The van der Waals surface area contributed by atoms with Crippen molar-refractivity contribution in [2.24, 2.45) is 11.7 Å². The van der Waals surface area contributed by atoms with Gasteiger partial charge in [-0.1, -0.05) is 0 Å². The first-order valence-corrected chi connectivity index (χ1v) is 9.12. The van der Waals surface area contributed by atoms with Crippen LogP contribution in [0.25, 0.3) is 0 Å². The van der Waals surface area contributed by atoms with Gasteiger partial charge in [0.15, 0.2) is 0 Å². The molecule has 0 aromatic heterocycles. The Morgan fingerprint density at radius 2 is 2.08 bits per heavy atom. The number of nitrogens with one attached hydrogen (secondary N) is 1. The topological polar surface area (TPSA) is 119 Å². The Morgan fingerprint density at radius 3 is 2.72 bits per heavy atom. The van der Waals surface area contributed by atoms with E-state index in [2.05, 4.69) is 5.32 Å². The number of hydrogen-bond acceptors (Lipinski definition) is 6. The van der Waals surface area contributed by atoms with Gasteiger partial charge in [0.25, 0.3) is 5.69 Å². The first kappa shape index (κ1) is 19.2. The quantitative estimate of drug-likeness (QED) is 0.422. The van der Waals surface area contributed by atoms with E-state index in [1.54, 1.807) is 17.0 Å². The van der Waals surface area contributed by atoms with Gasteiger partial charge in [0.1, 0.15) is 0 Å². The Balaban J connectivity index is 1.83. The second kappa shape index (κ2) is 9.38. The molecule has 1 atom stereocenters. The summed E-state index contributed by atoms with van der Waals surface area (Å²) in [6.45, 7) is 1.92. The summed E-state index contributed by atoms with van der Waals surface area (Å²) in [5.74, 6) is -0.0196. The number of benzene rings is 1. The highest BCUT2D eigenvalue weighted by atomic mass is 32.2. The van der Waals surface area contributed by atoms with Crippen LogP contribution in [0, 0.1) is 16.0 Å². The molecule has 0 bridgehead atoms. The summed E-state index contributed by atoms with van der Waals surface area (Å²) in [4.78, 5) is 37.1. The fourth-order valence-electron chi connectivity index (χ4n) is 2.66. The van der Waals surface area contributed by atoms with E-state index in [9.17, 15) is 19.7 Å². The number of nitrogens with zero attached hydrogens (tertiary/aromatic N) is 2. The third-order valence-electron chi connectivity index (χ3n) is 4.00. The van der Waals surface area contributed by atoms with Crippen LogP contribution in [0.2, 0.25) is 0 Å². The number of likely N-dealkylation sites (tertiary alicyclic amines) is 1. The lowest BCUT2D eigenvalue weighted by molar-refractivity contribution is -0.384. The maximum atomic E-state index is 12.4. The van der Waals surface area contributed by atoms with Gasteiger partial charge in [-0.2, -0.15) is 0 Å². The molecule has 0 aliphatic carbocycles. The van der Waals surface area contributed by atoms with Crippen LogP contribution >= 0.6 is 11.8 Å². The summed E-state index contributed by atoms with van der Waals surface area (Å²) < 4.78 is 0. The predicted octanol–water partition coefficient (Wildman–Crippen LogP) is 1.00. The number of carbonyl (C=O) groups is 2. The first-order chi connectivity index (χ1) is 12.0. The van der Waals surface area contributed by atoms with Crippen molar-refractivity contribution >= 4 is 29.3 Å². The molecule has 3 N–H and O–H groups in total. The van der Waals surface area contributed by atoms with Gasteiger partial charge in [-0.3, -0.25) is 19.7 Å². The Morgan fingerprint density at radius 1 is 1.36 bits per heavy atom. The third kappa shape index (κ3) is 5.71. The first-order valence-electron chi connectivity index (χ1n) is 8.14. The SMILES string of the molecule is NCCNC(=O)C1CCCN(C(=O)CSc2ccc([N+](=O)[O-])cc2)C1. The third-order valence-corrected chi connectivity index (χ3v) is 5.00. The van der Waals surface area contributed by atoms with E-state index in [1.807, 2.05) is 0 Å². The number of thioether (sulfide) groups is 1. The average Bonchev–Trinajstić information content (AvgIpc) is 2.64. The zero-order chi connectivity index (χ0) is 18.2. The number of carbonyl (C=O) groups excluding carboxylic acids is 2. The number of rotatable bonds is 7. The molecule has 136 valence electrons. The Hall–Kier alpha value is -2.13. The van der Waals surface area contributed by atoms with Crippen LogP contribution in [0.5, 0.6) is 0 Å². The van der Waals surface area contributed by atoms with Crippen molar-refractivity contribution in [3.8, 4) is 0 Å². The van der Waals surface area contributed by atoms with Gasteiger partial charge in [-0.15, -0.1) is 11.8 Å². The molecule has 1 unspecified atom stereocenters. The number of nitro groups is 1. The van der Waals surface area contributed by atoms with Crippen molar-refractivity contribution in [3.63, 3.8) is 0 Å². The van der Waals surface area contributed by atoms with Gasteiger partial charge in [-0.05, 0) is 25.0 Å². The standard InChI is InChI=1S/C16H22N4O4S/c17-7-8-18-16(22)12-2-1-9-19(10-12)15(21)11-25-14-5-3-13(4-6-14)20(23)24/h3-6,12H,1-2,7-11,17H2,(H,18,22). The molecule has 1 fully saturated rings. The van der Waals surface area contributed by atoms with E-state index >= 15 is 0 Å². The molecule has 9 heteroatoms. The Kier molecular flexibility index (Phi) is 7.20. The van der Waals surface area contributed by atoms with Crippen LogP contribution in [-0.4, -0.2) is 53.6 Å². The highest BCUT2D eigenvalue weighted by molar-refractivity contribution is 8.00. The lowest BCUT2D eigenvalue weighted by Crippen LogP contribution is -2.46. The van der Waals surface area contributed by atoms with Crippen LogP contribution in [0.15, 0.2) is 29.2 Å². The van der Waals surface area contributed by atoms with Crippen LogP contribution in [0.3, 0.4) is 0 Å². The number of piperidine rings is 1. The number of nitrogens with two attached hydrogens (primary N) is 1. The van der Waals surface area contributed by atoms with Crippen molar-refractivity contribution in [1.82, 2.24) is 10.2 Å². The summed E-state index contributed by atoms with van der Waals surface area (Å²) in [5, 5.41) is 13.4. The molecule has 0 saturated carbocycles. The Labute approximate surface area is 150 Å². The molecule has 8 nitrogen and oxygen atoms in total. The fraction of sp³-hybridized carbons (Fsp3) is 0.500. The second-order valence-corrected chi connectivity index (χ2v) is 6.85. The largest absolute Gasteiger partial charge is 0.355 e. The van der Waals surface area contributed by atoms with Crippen LogP contribution in [-0.2, 0) is 9.59 Å². The van der Waals surface area contributed by atoms with Crippen LogP contribution < -0.4 is 11.1 Å². The van der Waals surface area contributed by atoms with Crippen molar-refractivity contribution in [2.75, 3.05) is 31.9 Å². The highest BCUT2D eigenvalue weighted by Gasteiger charge is 2.28. The minimum atomic E-state index is -0.455. The van der Waals surface area contributed by atoms with Gasteiger partial charge in [0.2, 0.25) is 11.8 Å². The smallest absolute Gasteiger partial charge is 0.269 e. The van der Waals surface area contributed by atoms with Crippen molar-refractivity contribution in [1.29, 1.82) is 0 Å². The molecule has 0 radical (unpaired) electrons. The van der Waals surface area contributed by atoms with Gasteiger partial charge >= 0.3 is 0 Å². The maximum Gasteiger partial charge on any atom is 0.269 e. The lowest BCUT2D eigenvalue weighted by Gasteiger charge is -2.32. The lowest BCUT2D eigenvalue weighted by atomic mass is 9.97. The summed E-state index contributed by atoms with van der Waals surface area (Å²) in [5.41, 5.74) is 5.41. The molecule has 1 aliphatic rings. The molecule has 0 spiro atoms. The highest BCUT2D eigenvalue weighted by Crippen LogP contribution is 2.23. The average molecular weight is 366 g/mol. The molecule has 1 aromatic rings. The normalized spacial score (nSPS) is 17.2. The fourth-order valence-corrected chi connectivity index (χ4v) is 3.46. The minimum absolute atomic E-state index is 0.0260. The zero-order valence-corrected chi connectivity index (χ0v) is 14.7. The van der Waals surface area contributed by atoms with Gasteiger partial charge < -0.3 is 16.0 Å². The summed E-state index contributed by atoms with van der Waals surface area (Å²) in [7, 11) is 0. The van der Waals surface area contributed by atoms with Crippen LogP contribution in [0.1, 0.15) is 12.8 Å². The van der Waals surface area contributed by atoms with E-state index in [-0.39, 0.29) is 29.2 Å². The molecule has 1 aliphatic heterocycles. The van der Waals surface area contributed by atoms with Crippen molar-refractivity contribution < 1.29 is 14.5 Å². The zero-order valence-electron chi connectivity index (χ0n) is 13.8. The number of nitro benzene ring substituents is 1. The second-order valence-electron chi connectivity index (χ2n) is 5.80. The van der Waals surface area contributed by atoms with E-state index in [0.29, 0.717) is 26.2 Å². The number of non-ortho nitro benzene ring substituents is 1. The van der Waals surface area contributed by atoms with Crippen LogP contribution in [0.4, 0.5) is 5.69 Å². The van der Waals surface area contributed by atoms with Gasteiger partial charge in [-0.25, -0.2) is 0 Å². The molecule has 25 heavy (non-hydrogen) atoms. The van der Waals surface area contributed by atoms with E-state index in [0.717, 1.165) is 17.7 Å². The summed E-state index contributed by atoms with van der Waals surface area (Å²) >= 11 is 1.34. The van der Waals surface area contributed by atoms with E-state index in [4.69, 9.17) is 5.73 Å². The van der Waals surface area contributed by atoms with Gasteiger partial charge in [0, 0.05) is 43.2 Å². The monoisotopic (exact) mass is 366 g/mol. The molecular weight excluding hydrogens is 344 g/mol. The van der Waals surface area contributed by atoms with Gasteiger partial charge in [0.05, 0.1) is 16.6 Å². The van der Waals surface area contributed by atoms with E-state index < -0.39 is 4.92 Å². The molecule has 2 rings (SSSR count).